The Bertz CT molecular complexity index is 353. The van der Waals surface area contributed by atoms with Crippen LogP contribution in [0.15, 0.2) is 47.6 Å². The highest BCUT2D eigenvalue weighted by atomic mass is 16.3. The van der Waals surface area contributed by atoms with Crippen LogP contribution < -0.4 is 5.32 Å². The number of allylic oxidation sites excluding steroid dienone is 2. The number of hydrogen-bond donors (Lipinski definition) is 1. The summed E-state index contributed by atoms with van der Waals surface area (Å²) in [6.45, 7) is 4.70. The Morgan fingerprint density at radius 3 is 3.12 bits per heavy atom. The first-order chi connectivity index (χ1) is 8.38. The van der Waals surface area contributed by atoms with Gasteiger partial charge in [0.2, 0.25) is 0 Å². The van der Waals surface area contributed by atoms with Crippen molar-refractivity contribution in [2.75, 3.05) is 0 Å². The minimum Gasteiger partial charge on any atom is -0.468 e. The van der Waals surface area contributed by atoms with Gasteiger partial charge in [-0.3, -0.25) is 0 Å². The van der Waals surface area contributed by atoms with Crippen molar-refractivity contribution in [3.63, 3.8) is 0 Å². The first kappa shape index (κ1) is 12.2. The average molecular weight is 231 g/mol. The van der Waals surface area contributed by atoms with Crippen molar-refractivity contribution in [3.05, 3.63) is 49.0 Å². The SMILES string of the molecule is C=CC(CC1CC=CCC1)NCc1ccco1. The molecule has 0 fully saturated rings. The Hall–Kier alpha value is -1.28. The second-order valence-corrected chi connectivity index (χ2v) is 4.69. The molecule has 0 amide bonds. The predicted molar refractivity (Wildman–Crippen MR) is 70.6 cm³/mol. The predicted octanol–water partition coefficient (Wildman–Crippen LogP) is 3.67. The van der Waals surface area contributed by atoms with Crippen LogP contribution in [-0.2, 0) is 6.54 Å². The number of rotatable bonds is 6. The van der Waals surface area contributed by atoms with Crippen molar-refractivity contribution in [2.24, 2.45) is 5.92 Å². The zero-order valence-corrected chi connectivity index (χ0v) is 10.3. The molecule has 2 nitrogen and oxygen atoms in total. The summed E-state index contributed by atoms with van der Waals surface area (Å²) in [7, 11) is 0. The summed E-state index contributed by atoms with van der Waals surface area (Å²) in [5.41, 5.74) is 0. The Kier molecular flexibility index (Phi) is 4.63. The third-order valence-corrected chi connectivity index (χ3v) is 3.37. The van der Waals surface area contributed by atoms with E-state index in [2.05, 4.69) is 24.0 Å². The van der Waals surface area contributed by atoms with Crippen LogP contribution >= 0.6 is 0 Å². The van der Waals surface area contributed by atoms with Crippen molar-refractivity contribution in [2.45, 2.75) is 38.3 Å². The molecule has 0 aromatic carbocycles. The zero-order valence-electron chi connectivity index (χ0n) is 10.3. The molecule has 1 heterocycles. The van der Waals surface area contributed by atoms with Gasteiger partial charge in [-0.2, -0.15) is 0 Å². The maximum atomic E-state index is 5.31. The van der Waals surface area contributed by atoms with Crippen molar-refractivity contribution < 1.29 is 4.42 Å². The quantitative estimate of drug-likeness (QED) is 0.756. The maximum Gasteiger partial charge on any atom is 0.117 e. The molecule has 17 heavy (non-hydrogen) atoms. The second-order valence-electron chi connectivity index (χ2n) is 4.69. The van der Waals surface area contributed by atoms with Gasteiger partial charge in [0.05, 0.1) is 12.8 Å². The molecule has 2 heteroatoms. The van der Waals surface area contributed by atoms with Gasteiger partial charge in [0.15, 0.2) is 0 Å². The fraction of sp³-hybridized carbons (Fsp3) is 0.467. The second kappa shape index (κ2) is 6.45. The van der Waals surface area contributed by atoms with E-state index in [1.807, 2.05) is 18.2 Å². The topological polar surface area (TPSA) is 25.2 Å². The summed E-state index contributed by atoms with van der Waals surface area (Å²) >= 11 is 0. The summed E-state index contributed by atoms with van der Waals surface area (Å²) in [4.78, 5) is 0. The summed E-state index contributed by atoms with van der Waals surface area (Å²) in [5.74, 6) is 1.78. The number of nitrogens with one attached hydrogen (secondary N) is 1. The molecule has 1 aliphatic rings. The molecule has 0 saturated heterocycles. The molecule has 1 N–H and O–H groups in total. The lowest BCUT2D eigenvalue weighted by atomic mass is 9.88. The molecule has 0 bridgehead atoms. The minimum absolute atomic E-state index is 0.386. The molecule has 1 aliphatic carbocycles. The van der Waals surface area contributed by atoms with Crippen LogP contribution in [0.3, 0.4) is 0 Å². The highest BCUT2D eigenvalue weighted by Crippen LogP contribution is 2.23. The Morgan fingerprint density at radius 2 is 2.47 bits per heavy atom. The minimum atomic E-state index is 0.386. The van der Waals surface area contributed by atoms with E-state index in [4.69, 9.17) is 4.42 Å². The van der Waals surface area contributed by atoms with E-state index in [0.717, 1.165) is 18.2 Å². The lowest BCUT2D eigenvalue weighted by Crippen LogP contribution is -2.29. The lowest BCUT2D eigenvalue weighted by Gasteiger charge is -2.22. The van der Waals surface area contributed by atoms with Crippen LogP contribution in [-0.4, -0.2) is 6.04 Å². The van der Waals surface area contributed by atoms with Crippen molar-refractivity contribution in [3.8, 4) is 0 Å². The van der Waals surface area contributed by atoms with Gasteiger partial charge in [-0.05, 0) is 43.7 Å². The highest BCUT2D eigenvalue weighted by Gasteiger charge is 2.14. The van der Waals surface area contributed by atoms with Gasteiger partial charge >= 0.3 is 0 Å². The third kappa shape index (κ3) is 3.90. The smallest absolute Gasteiger partial charge is 0.117 e. The Balaban J connectivity index is 1.76. The van der Waals surface area contributed by atoms with E-state index in [-0.39, 0.29) is 0 Å². The van der Waals surface area contributed by atoms with E-state index < -0.39 is 0 Å². The van der Waals surface area contributed by atoms with Crippen LogP contribution in [0.25, 0.3) is 0 Å². The molecule has 0 aliphatic heterocycles. The van der Waals surface area contributed by atoms with Gasteiger partial charge in [-0.1, -0.05) is 18.2 Å². The van der Waals surface area contributed by atoms with Crippen LogP contribution in [0.2, 0.25) is 0 Å². The Morgan fingerprint density at radius 1 is 1.53 bits per heavy atom. The summed E-state index contributed by atoms with van der Waals surface area (Å²) in [6.07, 6.45) is 13.3. The monoisotopic (exact) mass is 231 g/mol. The van der Waals surface area contributed by atoms with E-state index >= 15 is 0 Å². The molecular formula is C15H21NO. The Labute approximate surface area is 103 Å². The maximum absolute atomic E-state index is 5.31. The number of furan rings is 1. The van der Waals surface area contributed by atoms with Gasteiger partial charge in [0.25, 0.3) is 0 Å². The molecule has 0 saturated carbocycles. The normalized spacial score (nSPS) is 21.3. The fourth-order valence-electron chi connectivity index (χ4n) is 2.34. The van der Waals surface area contributed by atoms with Crippen LogP contribution in [0.1, 0.15) is 31.4 Å². The van der Waals surface area contributed by atoms with Crippen molar-refractivity contribution in [1.82, 2.24) is 5.32 Å². The molecular weight excluding hydrogens is 210 g/mol. The van der Waals surface area contributed by atoms with Gasteiger partial charge in [-0.25, -0.2) is 0 Å². The molecule has 2 rings (SSSR count). The van der Waals surface area contributed by atoms with Crippen LogP contribution in [0, 0.1) is 5.92 Å². The highest BCUT2D eigenvalue weighted by molar-refractivity contribution is 5.00. The molecule has 1 aromatic rings. The first-order valence-electron chi connectivity index (χ1n) is 6.42. The molecule has 0 spiro atoms. The lowest BCUT2D eigenvalue weighted by molar-refractivity contribution is 0.381. The first-order valence-corrected chi connectivity index (χ1v) is 6.42. The van der Waals surface area contributed by atoms with Gasteiger partial charge < -0.3 is 9.73 Å². The fourth-order valence-corrected chi connectivity index (χ4v) is 2.34. The third-order valence-electron chi connectivity index (χ3n) is 3.37. The summed E-state index contributed by atoms with van der Waals surface area (Å²) < 4.78 is 5.31. The van der Waals surface area contributed by atoms with E-state index in [1.54, 1.807) is 6.26 Å². The largest absolute Gasteiger partial charge is 0.468 e. The summed E-state index contributed by atoms with van der Waals surface area (Å²) in [5, 5.41) is 3.48. The van der Waals surface area contributed by atoms with E-state index in [9.17, 15) is 0 Å². The summed E-state index contributed by atoms with van der Waals surface area (Å²) in [6, 6.07) is 4.30. The van der Waals surface area contributed by atoms with Gasteiger partial charge in [0.1, 0.15) is 5.76 Å². The van der Waals surface area contributed by atoms with Gasteiger partial charge in [-0.15, -0.1) is 6.58 Å². The average Bonchev–Trinajstić information content (AvgIpc) is 2.89. The van der Waals surface area contributed by atoms with Crippen molar-refractivity contribution in [1.29, 1.82) is 0 Å². The molecule has 2 atom stereocenters. The molecule has 2 unspecified atom stereocenters. The van der Waals surface area contributed by atoms with Gasteiger partial charge in [0, 0.05) is 6.04 Å². The van der Waals surface area contributed by atoms with E-state index in [1.165, 1.54) is 25.7 Å². The molecule has 0 radical (unpaired) electrons. The number of hydrogen-bond acceptors (Lipinski definition) is 2. The van der Waals surface area contributed by atoms with Crippen LogP contribution in [0.5, 0.6) is 0 Å². The van der Waals surface area contributed by atoms with Crippen molar-refractivity contribution >= 4 is 0 Å². The molecule has 92 valence electrons. The van der Waals surface area contributed by atoms with E-state index in [0.29, 0.717) is 6.04 Å². The zero-order chi connectivity index (χ0) is 11.9. The molecule has 1 aromatic heterocycles. The van der Waals surface area contributed by atoms with Crippen LogP contribution in [0.4, 0.5) is 0 Å². The standard InChI is InChI=1S/C15H21NO/c1-2-14(11-13-7-4-3-5-8-13)16-12-15-9-6-10-17-15/h2-4,6,9-10,13-14,16H,1,5,7-8,11-12H2.